The van der Waals surface area contributed by atoms with Crippen molar-refractivity contribution in [2.45, 2.75) is 51.1 Å². The van der Waals surface area contributed by atoms with E-state index < -0.39 is 6.04 Å². The quantitative estimate of drug-likeness (QED) is 0.154. The molecule has 3 aromatic carbocycles. The first-order valence-corrected chi connectivity index (χ1v) is 17.0. The molecule has 1 saturated heterocycles. The summed E-state index contributed by atoms with van der Waals surface area (Å²) in [6.07, 6.45) is 3.76. The largest absolute Gasteiger partial charge is 0.361 e. The van der Waals surface area contributed by atoms with Crippen LogP contribution in [0.15, 0.2) is 90.4 Å². The van der Waals surface area contributed by atoms with Crippen molar-refractivity contribution >= 4 is 39.9 Å². The van der Waals surface area contributed by atoms with Crippen molar-refractivity contribution in [3.05, 3.63) is 113 Å². The number of fused-ring (bicyclic) bond motifs is 1. The number of para-hydroxylation sites is 1. The lowest BCUT2D eigenvalue weighted by atomic mass is 9.87. The molecule has 6 rings (SSSR count). The van der Waals surface area contributed by atoms with Crippen molar-refractivity contribution in [1.82, 2.24) is 20.1 Å². The van der Waals surface area contributed by atoms with Gasteiger partial charge in [0.1, 0.15) is 6.04 Å². The number of thiophene rings is 1. The molecule has 0 aliphatic carbocycles. The van der Waals surface area contributed by atoms with E-state index in [1.807, 2.05) is 61.8 Å². The van der Waals surface area contributed by atoms with Crippen LogP contribution >= 0.6 is 11.3 Å². The van der Waals surface area contributed by atoms with Gasteiger partial charge in [0.2, 0.25) is 5.91 Å². The molecular formula is C38H43N5O2S. The van der Waals surface area contributed by atoms with E-state index in [1.54, 1.807) is 11.3 Å². The monoisotopic (exact) mass is 633 g/mol. The zero-order valence-electron chi connectivity index (χ0n) is 27.0. The van der Waals surface area contributed by atoms with Gasteiger partial charge in [0.15, 0.2) is 0 Å². The third-order valence-corrected chi connectivity index (χ3v) is 10.1. The highest BCUT2D eigenvalue weighted by Gasteiger charge is 2.33. The molecule has 2 aromatic heterocycles. The van der Waals surface area contributed by atoms with Gasteiger partial charge in [0, 0.05) is 58.8 Å². The van der Waals surface area contributed by atoms with Gasteiger partial charge in [-0.3, -0.25) is 4.79 Å². The van der Waals surface area contributed by atoms with Crippen LogP contribution in [0.25, 0.3) is 21.3 Å². The number of benzene rings is 3. The number of nitrogens with zero attached hydrogens (tertiary/aromatic N) is 2. The Bertz CT molecular complexity index is 1800. The van der Waals surface area contributed by atoms with Gasteiger partial charge in [0.25, 0.3) is 0 Å². The Labute approximate surface area is 275 Å². The topological polar surface area (TPSA) is 80.5 Å². The Morgan fingerprint density at radius 2 is 1.76 bits per heavy atom. The zero-order valence-corrected chi connectivity index (χ0v) is 27.9. The van der Waals surface area contributed by atoms with Gasteiger partial charge >= 0.3 is 6.03 Å². The van der Waals surface area contributed by atoms with Crippen LogP contribution in [0.5, 0.6) is 0 Å². The number of rotatable bonds is 9. The summed E-state index contributed by atoms with van der Waals surface area (Å²) < 4.78 is 0. The summed E-state index contributed by atoms with van der Waals surface area (Å²) in [5.74, 6) is -0.0971. The predicted octanol–water partition coefficient (Wildman–Crippen LogP) is 7.97. The van der Waals surface area contributed by atoms with Gasteiger partial charge in [-0.25, -0.2) is 4.79 Å². The van der Waals surface area contributed by atoms with Crippen molar-refractivity contribution in [3.8, 4) is 10.4 Å². The minimum Gasteiger partial charge on any atom is -0.361 e. The van der Waals surface area contributed by atoms with Crippen molar-refractivity contribution < 1.29 is 9.59 Å². The van der Waals surface area contributed by atoms with Crippen LogP contribution in [0.1, 0.15) is 53.9 Å². The van der Waals surface area contributed by atoms with E-state index in [2.05, 4.69) is 82.0 Å². The molecule has 1 aliphatic rings. The first kappa shape index (κ1) is 31.6. The maximum atomic E-state index is 14.4. The van der Waals surface area contributed by atoms with Crippen LogP contribution in [-0.2, 0) is 11.3 Å². The Morgan fingerprint density at radius 3 is 2.50 bits per heavy atom. The van der Waals surface area contributed by atoms with Crippen LogP contribution in [0.3, 0.4) is 0 Å². The summed E-state index contributed by atoms with van der Waals surface area (Å²) in [4.78, 5) is 36.6. The van der Waals surface area contributed by atoms with Gasteiger partial charge in [-0.2, -0.15) is 0 Å². The van der Waals surface area contributed by atoms with Gasteiger partial charge in [-0.1, -0.05) is 67.6 Å². The number of hydrogen-bond donors (Lipinski definition) is 3. The summed E-state index contributed by atoms with van der Waals surface area (Å²) in [5, 5.41) is 9.52. The van der Waals surface area contributed by atoms with E-state index in [1.165, 1.54) is 11.1 Å². The van der Waals surface area contributed by atoms with Crippen molar-refractivity contribution in [3.63, 3.8) is 0 Å². The number of urea groups is 1. The van der Waals surface area contributed by atoms with E-state index in [9.17, 15) is 9.59 Å². The lowest BCUT2D eigenvalue weighted by molar-refractivity contribution is -0.118. The lowest BCUT2D eigenvalue weighted by Gasteiger charge is -2.34. The number of aromatic nitrogens is 1. The second-order valence-electron chi connectivity index (χ2n) is 12.7. The first-order valence-electron chi connectivity index (χ1n) is 16.1. The smallest absolute Gasteiger partial charge is 0.318 e. The highest BCUT2D eigenvalue weighted by molar-refractivity contribution is 7.13. The van der Waals surface area contributed by atoms with E-state index in [-0.39, 0.29) is 17.9 Å². The normalized spacial score (nSPS) is 15.2. The lowest BCUT2D eigenvalue weighted by Crippen LogP contribution is -2.53. The third kappa shape index (κ3) is 6.88. The minimum atomic E-state index is -0.797. The maximum absolute atomic E-state index is 14.4. The Hall–Kier alpha value is -4.40. The molecule has 238 valence electrons. The fraction of sp³-hybridized carbons (Fsp3) is 0.316. The number of carbonyl (C=O) groups is 2. The molecule has 3 heterocycles. The Kier molecular flexibility index (Phi) is 9.56. The van der Waals surface area contributed by atoms with Crippen LogP contribution in [0.4, 0.5) is 10.5 Å². The van der Waals surface area contributed by atoms with Gasteiger partial charge in [0.05, 0.1) is 0 Å². The molecule has 3 N–H and O–H groups in total. The average Bonchev–Trinajstić information content (AvgIpc) is 3.74. The van der Waals surface area contributed by atoms with Crippen LogP contribution in [0, 0.1) is 6.92 Å². The molecule has 3 amide bonds. The number of aryl methyl sites for hydroxylation is 1. The number of nitrogens with one attached hydrogen (secondary N) is 3. The number of anilines is 1. The fourth-order valence-corrected chi connectivity index (χ4v) is 7.51. The number of aromatic amines is 1. The fourth-order valence-electron chi connectivity index (χ4n) is 6.75. The van der Waals surface area contributed by atoms with Crippen molar-refractivity contribution in [2.75, 3.05) is 32.5 Å². The van der Waals surface area contributed by atoms with Gasteiger partial charge in [-0.05, 0) is 85.6 Å². The van der Waals surface area contributed by atoms with Crippen LogP contribution < -0.4 is 10.6 Å². The second-order valence-corrected chi connectivity index (χ2v) is 13.7. The standard InChI is InChI=1S/C38H43N5O2S/c1-25-10-5-6-11-29(25)28-17-19-43(20-18-28)38(45)41-36(26(2)32-23-39-33-13-8-7-12-30(32)33)37(44)40-34-22-27(24-42(3)4)15-16-31(34)35-14-9-21-46-35/h5-16,21-23,26,28,36,39H,17-20,24H2,1-4H3,(H,40,44)(H,41,45)/t26-,36-/m1/s1. The third-order valence-electron chi connectivity index (χ3n) is 9.21. The van der Waals surface area contributed by atoms with Crippen LogP contribution in [0.2, 0.25) is 0 Å². The number of amides is 3. The molecule has 0 unspecified atom stereocenters. The van der Waals surface area contributed by atoms with E-state index in [0.29, 0.717) is 19.0 Å². The Balaban J connectivity index is 1.27. The average molecular weight is 634 g/mol. The number of hydrogen-bond acceptors (Lipinski definition) is 4. The van der Waals surface area contributed by atoms with Crippen LogP contribution in [-0.4, -0.2) is 59.9 Å². The highest BCUT2D eigenvalue weighted by Crippen LogP contribution is 2.35. The van der Waals surface area contributed by atoms with E-state index in [0.717, 1.165) is 57.5 Å². The molecule has 7 nitrogen and oxygen atoms in total. The molecule has 0 radical (unpaired) electrons. The summed E-state index contributed by atoms with van der Waals surface area (Å²) in [6, 6.07) is 25.9. The Morgan fingerprint density at radius 1 is 1.00 bits per heavy atom. The molecule has 0 bridgehead atoms. The molecule has 2 atom stereocenters. The number of H-pyrrole nitrogens is 1. The van der Waals surface area contributed by atoms with Gasteiger partial charge < -0.3 is 25.4 Å². The van der Waals surface area contributed by atoms with Gasteiger partial charge in [-0.15, -0.1) is 11.3 Å². The summed E-state index contributed by atoms with van der Waals surface area (Å²) in [6.45, 7) is 6.22. The SMILES string of the molecule is Cc1ccccc1C1CCN(C(=O)N[C@@H](C(=O)Nc2cc(CN(C)C)ccc2-c2cccs2)[C@H](C)c2c[nH]c3ccccc23)CC1. The van der Waals surface area contributed by atoms with E-state index >= 15 is 0 Å². The number of carbonyl (C=O) groups excluding carboxylic acids is 2. The molecule has 46 heavy (non-hydrogen) atoms. The highest BCUT2D eigenvalue weighted by atomic mass is 32.1. The maximum Gasteiger partial charge on any atom is 0.318 e. The van der Waals surface area contributed by atoms with Crippen molar-refractivity contribution in [2.24, 2.45) is 0 Å². The molecule has 1 fully saturated rings. The molecule has 0 spiro atoms. The van der Waals surface area contributed by atoms with Crippen molar-refractivity contribution in [1.29, 1.82) is 0 Å². The molecule has 5 aromatic rings. The molecule has 0 saturated carbocycles. The second kappa shape index (κ2) is 13.9. The zero-order chi connectivity index (χ0) is 32.2. The summed E-state index contributed by atoms with van der Waals surface area (Å²) in [7, 11) is 4.06. The molecular weight excluding hydrogens is 591 g/mol. The summed E-state index contributed by atoms with van der Waals surface area (Å²) in [5.41, 5.74) is 7.48. The molecule has 8 heteroatoms. The summed E-state index contributed by atoms with van der Waals surface area (Å²) >= 11 is 1.64. The number of piperidine rings is 1. The minimum absolute atomic E-state index is 0.199. The molecule has 1 aliphatic heterocycles. The number of likely N-dealkylation sites (tertiary alicyclic amines) is 1. The van der Waals surface area contributed by atoms with E-state index in [4.69, 9.17) is 0 Å². The first-order chi connectivity index (χ1) is 22.3. The predicted molar refractivity (Wildman–Crippen MR) is 190 cm³/mol.